The smallest absolute Gasteiger partial charge is 0.244 e. The lowest BCUT2D eigenvalue weighted by molar-refractivity contribution is -0.131. The summed E-state index contributed by atoms with van der Waals surface area (Å²) in [5.74, 6) is 0.116. The average Bonchev–Trinajstić information content (AvgIpc) is 2.71. The van der Waals surface area contributed by atoms with Crippen LogP contribution in [-0.2, 0) is 4.79 Å². The van der Waals surface area contributed by atoms with Crippen molar-refractivity contribution < 1.29 is 4.79 Å². The summed E-state index contributed by atoms with van der Waals surface area (Å²) in [6, 6.07) is -0.204. The molecule has 0 spiro atoms. The molecule has 0 aromatic rings. The van der Waals surface area contributed by atoms with E-state index in [-0.39, 0.29) is 11.9 Å². The molecule has 1 amide bonds. The molecular weight excluding hydrogens is 258 g/mol. The van der Waals surface area contributed by atoms with Crippen molar-refractivity contribution in [2.75, 3.05) is 20.1 Å². The number of amidine groups is 1. The van der Waals surface area contributed by atoms with Crippen LogP contribution in [0.4, 0.5) is 0 Å². The first-order valence-electron chi connectivity index (χ1n) is 6.95. The molecule has 0 aromatic heterocycles. The zero-order valence-corrected chi connectivity index (χ0v) is 13.8. The summed E-state index contributed by atoms with van der Waals surface area (Å²) < 4.78 is 0. The highest BCUT2D eigenvalue weighted by atomic mass is 32.2. The van der Waals surface area contributed by atoms with Gasteiger partial charge in [-0.3, -0.25) is 9.79 Å². The number of nitrogens with zero attached hydrogens (tertiary/aromatic N) is 2. The van der Waals surface area contributed by atoms with Crippen LogP contribution in [0.15, 0.2) is 4.99 Å². The van der Waals surface area contributed by atoms with E-state index in [2.05, 4.69) is 31.1 Å². The average molecular weight is 285 g/mol. The van der Waals surface area contributed by atoms with Crippen molar-refractivity contribution in [3.05, 3.63) is 0 Å². The molecule has 110 valence electrons. The van der Waals surface area contributed by atoms with E-state index in [9.17, 15) is 4.79 Å². The third-order valence-electron chi connectivity index (χ3n) is 3.12. The topological polar surface area (TPSA) is 44.7 Å². The van der Waals surface area contributed by atoms with E-state index in [1.54, 1.807) is 16.7 Å². The van der Waals surface area contributed by atoms with Crippen molar-refractivity contribution in [3.63, 3.8) is 0 Å². The second-order valence-electron chi connectivity index (χ2n) is 6.37. The predicted molar refractivity (Wildman–Crippen MR) is 83.7 cm³/mol. The van der Waals surface area contributed by atoms with Crippen molar-refractivity contribution in [1.29, 1.82) is 0 Å². The molecule has 2 atom stereocenters. The second kappa shape index (κ2) is 6.64. The predicted octanol–water partition coefficient (Wildman–Crippen LogP) is 2.35. The standard InChI is InChI=1S/C14H27N3OS/c1-7-17(6)12(18)10(2)16-13-15-9-11(19-13)8-14(3,4)5/h10-11H,7-9H2,1-6H3,(H,15,16). The summed E-state index contributed by atoms with van der Waals surface area (Å²) in [4.78, 5) is 18.2. The fourth-order valence-corrected chi connectivity index (χ4v) is 3.46. The largest absolute Gasteiger partial charge is 0.353 e. The molecule has 0 saturated carbocycles. The lowest BCUT2D eigenvalue weighted by Gasteiger charge is -2.23. The monoisotopic (exact) mass is 285 g/mol. The Morgan fingerprint density at radius 1 is 1.58 bits per heavy atom. The molecule has 0 fully saturated rings. The molecule has 0 aromatic carbocycles. The Kier molecular flexibility index (Phi) is 5.71. The minimum absolute atomic E-state index is 0.116. The molecule has 1 heterocycles. The molecule has 0 aliphatic carbocycles. The maximum atomic E-state index is 12.0. The van der Waals surface area contributed by atoms with Gasteiger partial charge in [-0.15, -0.1) is 0 Å². The lowest BCUT2D eigenvalue weighted by Crippen LogP contribution is -2.44. The minimum Gasteiger partial charge on any atom is -0.353 e. The van der Waals surface area contributed by atoms with Crippen LogP contribution < -0.4 is 5.32 Å². The first-order valence-corrected chi connectivity index (χ1v) is 7.83. The number of hydrogen-bond acceptors (Lipinski definition) is 4. The van der Waals surface area contributed by atoms with Crippen molar-refractivity contribution in [1.82, 2.24) is 10.2 Å². The van der Waals surface area contributed by atoms with Gasteiger partial charge in [0.1, 0.15) is 6.04 Å². The third kappa shape index (κ3) is 5.43. The summed E-state index contributed by atoms with van der Waals surface area (Å²) in [5, 5.41) is 4.68. The van der Waals surface area contributed by atoms with Crippen molar-refractivity contribution >= 4 is 22.8 Å². The molecule has 1 aliphatic rings. The van der Waals surface area contributed by atoms with Gasteiger partial charge in [0.2, 0.25) is 5.91 Å². The molecule has 1 aliphatic heterocycles. The molecule has 0 radical (unpaired) electrons. The molecule has 1 N–H and O–H groups in total. The summed E-state index contributed by atoms with van der Waals surface area (Å²) in [6.07, 6.45) is 1.14. The van der Waals surface area contributed by atoms with E-state index in [0.29, 0.717) is 10.7 Å². The van der Waals surface area contributed by atoms with Crippen LogP contribution in [0.2, 0.25) is 0 Å². The molecule has 5 heteroatoms. The van der Waals surface area contributed by atoms with Crippen LogP contribution in [0, 0.1) is 5.41 Å². The quantitative estimate of drug-likeness (QED) is 0.862. The van der Waals surface area contributed by atoms with Crippen LogP contribution >= 0.6 is 11.8 Å². The number of rotatable bonds is 4. The Morgan fingerprint density at radius 3 is 2.74 bits per heavy atom. The third-order valence-corrected chi connectivity index (χ3v) is 4.24. The van der Waals surface area contributed by atoms with E-state index < -0.39 is 0 Å². The number of carbonyl (C=O) groups excluding carboxylic acids is 1. The Balaban J connectivity index is 2.42. The van der Waals surface area contributed by atoms with E-state index in [1.165, 1.54) is 0 Å². The van der Waals surface area contributed by atoms with Gasteiger partial charge in [-0.05, 0) is 25.7 Å². The van der Waals surface area contributed by atoms with Crippen molar-refractivity contribution in [2.45, 2.75) is 52.3 Å². The van der Waals surface area contributed by atoms with Crippen LogP contribution in [-0.4, -0.2) is 47.4 Å². The SMILES string of the molecule is CCN(C)C(=O)C(C)NC1=NCC(CC(C)(C)C)S1. The number of thioether (sulfide) groups is 1. The summed E-state index contributed by atoms with van der Waals surface area (Å²) in [5.41, 5.74) is 0.326. The van der Waals surface area contributed by atoms with E-state index in [1.807, 2.05) is 20.9 Å². The highest BCUT2D eigenvalue weighted by molar-refractivity contribution is 8.14. The normalized spacial score (nSPS) is 20.9. The summed E-state index contributed by atoms with van der Waals surface area (Å²) >= 11 is 1.77. The lowest BCUT2D eigenvalue weighted by atomic mass is 9.90. The van der Waals surface area contributed by atoms with Gasteiger partial charge in [0.05, 0.1) is 6.54 Å². The Labute approximate surface area is 121 Å². The Morgan fingerprint density at radius 2 is 2.21 bits per heavy atom. The second-order valence-corrected chi connectivity index (χ2v) is 7.66. The summed E-state index contributed by atoms with van der Waals surface area (Å²) in [6.45, 7) is 12.2. The number of nitrogens with one attached hydrogen (secondary N) is 1. The number of carbonyl (C=O) groups is 1. The van der Waals surface area contributed by atoms with E-state index >= 15 is 0 Å². The summed E-state index contributed by atoms with van der Waals surface area (Å²) in [7, 11) is 1.83. The van der Waals surface area contributed by atoms with Crippen molar-refractivity contribution in [2.24, 2.45) is 10.4 Å². The zero-order chi connectivity index (χ0) is 14.6. The van der Waals surface area contributed by atoms with Crippen LogP contribution in [0.25, 0.3) is 0 Å². The van der Waals surface area contributed by atoms with Crippen LogP contribution in [0.1, 0.15) is 41.0 Å². The maximum Gasteiger partial charge on any atom is 0.244 e. The van der Waals surface area contributed by atoms with Gasteiger partial charge in [0.15, 0.2) is 5.17 Å². The molecule has 0 bridgehead atoms. The number of aliphatic imine (C=N–C) groups is 1. The van der Waals surface area contributed by atoms with Gasteiger partial charge in [-0.2, -0.15) is 0 Å². The fraction of sp³-hybridized carbons (Fsp3) is 0.857. The zero-order valence-electron chi connectivity index (χ0n) is 13.0. The maximum absolute atomic E-state index is 12.0. The van der Waals surface area contributed by atoms with Crippen LogP contribution in [0.5, 0.6) is 0 Å². The molecular formula is C14H27N3OS. The van der Waals surface area contributed by atoms with Gasteiger partial charge in [-0.25, -0.2) is 0 Å². The molecule has 0 saturated heterocycles. The van der Waals surface area contributed by atoms with Crippen molar-refractivity contribution in [3.8, 4) is 0 Å². The van der Waals surface area contributed by atoms with Gasteiger partial charge in [0, 0.05) is 18.8 Å². The minimum atomic E-state index is -0.204. The number of likely N-dealkylation sites (N-methyl/N-ethyl adjacent to an activating group) is 1. The number of amides is 1. The van der Waals surface area contributed by atoms with E-state index in [0.717, 1.165) is 24.7 Å². The Bertz CT molecular complexity index is 349. The molecule has 1 rings (SSSR count). The molecule has 2 unspecified atom stereocenters. The highest BCUT2D eigenvalue weighted by Crippen LogP contribution is 2.31. The van der Waals surface area contributed by atoms with Gasteiger partial charge >= 0.3 is 0 Å². The van der Waals surface area contributed by atoms with Gasteiger partial charge in [0.25, 0.3) is 0 Å². The van der Waals surface area contributed by atoms with Gasteiger partial charge in [-0.1, -0.05) is 32.5 Å². The first kappa shape index (κ1) is 16.3. The van der Waals surface area contributed by atoms with E-state index in [4.69, 9.17) is 0 Å². The highest BCUT2D eigenvalue weighted by Gasteiger charge is 2.27. The fourth-order valence-electron chi connectivity index (χ4n) is 2.02. The number of hydrogen-bond donors (Lipinski definition) is 1. The van der Waals surface area contributed by atoms with Crippen LogP contribution in [0.3, 0.4) is 0 Å². The molecule has 19 heavy (non-hydrogen) atoms. The first-order chi connectivity index (χ1) is 8.73. The molecule has 4 nitrogen and oxygen atoms in total. The van der Waals surface area contributed by atoms with Gasteiger partial charge < -0.3 is 10.2 Å². The Hall–Kier alpha value is -0.710.